The van der Waals surface area contributed by atoms with Crippen LogP contribution in [0.25, 0.3) is 0 Å². The summed E-state index contributed by atoms with van der Waals surface area (Å²) in [5.74, 6) is 0. The van der Waals surface area contributed by atoms with Crippen molar-refractivity contribution in [3.05, 3.63) is 0 Å². The number of amides is 1. The third-order valence-electron chi connectivity index (χ3n) is 2.19. The molecule has 0 atom stereocenters. The molecule has 1 heterocycles. The number of carbonyl (C=O) groups is 1. The number of piperidine rings is 1. The number of likely N-dealkylation sites (tertiary alicyclic amines) is 1. The lowest BCUT2D eigenvalue weighted by Crippen LogP contribution is -2.44. The van der Waals surface area contributed by atoms with Crippen molar-refractivity contribution in [2.45, 2.75) is 52.2 Å². The Balaban J connectivity index is 0.000000770. The highest BCUT2D eigenvalue weighted by Crippen LogP contribution is 2.14. The summed E-state index contributed by atoms with van der Waals surface area (Å²) < 4.78 is 5.26. The molecule has 0 aromatic rings. The van der Waals surface area contributed by atoms with Crippen LogP contribution in [0.3, 0.4) is 0 Å². The quantitative estimate of drug-likeness (QED) is 0.702. The fourth-order valence-corrected chi connectivity index (χ4v) is 1.41. The molecule has 17 heavy (non-hydrogen) atoms. The normalized spacial score (nSPS) is 16.6. The van der Waals surface area contributed by atoms with Gasteiger partial charge in [-0.15, -0.1) is 0 Å². The van der Waals surface area contributed by atoms with E-state index in [0.717, 1.165) is 25.9 Å². The number of hydrogen-bond donors (Lipinski definition) is 1. The van der Waals surface area contributed by atoms with Gasteiger partial charge in [-0.1, -0.05) is 0 Å². The van der Waals surface area contributed by atoms with Crippen molar-refractivity contribution < 1.29 is 9.53 Å². The van der Waals surface area contributed by atoms with Crippen LogP contribution in [0.5, 0.6) is 0 Å². The molecule has 1 aliphatic rings. The van der Waals surface area contributed by atoms with Crippen molar-refractivity contribution in [1.29, 1.82) is 5.26 Å². The van der Waals surface area contributed by atoms with Gasteiger partial charge in [0, 0.05) is 26.1 Å². The van der Waals surface area contributed by atoms with E-state index in [2.05, 4.69) is 0 Å². The van der Waals surface area contributed by atoms with Crippen LogP contribution in [-0.4, -0.2) is 35.7 Å². The average molecular weight is 241 g/mol. The number of hydrogen-bond acceptors (Lipinski definition) is 4. The molecule has 0 radical (unpaired) electrons. The Hall–Kier alpha value is -1.28. The Kier molecular flexibility index (Phi) is 6.59. The van der Waals surface area contributed by atoms with Gasteiger partial charge < -0.3 is 15.4 Å². The summed E-state index contributed by atoms with van der Waals surface area (Å²) in [6.45, 7) is 8.49. The first kappa shape index (κ1) is 15.7. The lowest BCUT2D eigenvalue weighted by Gasteiger charge is -2.32. The Bertz CT molecular complexity index is 270. The highest BCUT2D eigenvalue weighted by molar-refractivity contribution is 5.68. The summed E-state index contributed by atoms with van der Waals surface area (Å²) in [6, 6.07) is 1.99. The van der Waals surface area contributed by atoms with E-state index in [4.69, 9.17) is 15.7 Å². The van der Waals surface area contributed by atoms with Gasteiger partial charge in [-0.25, -0.2) is 4.79 Å². The van der Waals surface area contributed by atoms with Crippen molar-refractivity contribution >= 4 is 6.09 Å². The molecule has 1 aliphatic heterocycles. The molecule has 1 saturated heterocycles. The van der Waals surface area contributed by atoms with Gasteiger partial charge in [-0.3, -0.25) is 0 Å². The number of carbonyl (C=O) groups excluding carboxylic acids is 1. The minimum absolute atomic E-state index is 0.218. The van der Waals surface area contributed by atoms with Crippen LogP contribution in [-0.2, 0) is 4.74 Å². The van der Waals surface area contributed by atoms with Crippen LogP contribution in [0, 0.1) is 11.3 Å². The van der Waals surface area contributed by atoms with Crippen molar-refractivity contribution in [3.63, 3.8) is 0 Å². The lowest BCUT2D eigenvalue weighted by molar-refractivity contribution is 0.0207. The van der Waals surface area contributed by atoms with Crippen LogP contribution >= 0.6 is 0 Å². The molecular formula is C12H23N3O2. The monoisotopic (exact) mass is 241 g/mol. The zero-order valence-corrected chi connectivity index (χ0v) is 11.2. The van der Waals surface area contributed by atoms with Crippen LogP contribution in [0.1, 0.15) is 40.5 Å². The predicted octanol–water partition coefficient (Wildman–Crippen LogP) is 1.87. The Morgan fingerprint density at radius 1 is 1.41 bits per heavy atom. The Morgan fingerprint density at radius 3 is 2.18 bits per heavy atom. The van der Waals surface area contributed by atoms with Gasteiger partial charge in [0.2, 0.25) is 0 Å². The SMILES string of the molecule is CC#N.CC(C)(C)OC(=O)N1CCC(N)CC1. The Morgan fingerprint density at radius 2 is 1.82 bits per heavy atom. The van der Waals surface area contributed by atoms with E-state index in [9.17, 15) is 4.79 Å². The molecule has 0 unspecified atom stereocenters. The lowest BCUT2D eigenvalue weighted by atomic mass is 10.1. The zero-order valence-electron chi connectivity index (χ0n) is 11.2. The largest absolute Gasteiger partial charge is 0.444 e. The zero-order chi connectivity index (χ0) is 13.5. The van der Waals surface area contributed by atoms with Crippen LogP contribution in [0.2, 0.25) is 0 Å². The number of rotatable bonds is 0. The van der Waals surface area contributed by atoms with Crippen LogP contribution in [0.15, 0.2) is 0 Å². The summed E-state index contributed by atoms with van der Waals surface area (Å²) in [5, 5.41) is 7.32. The molecule has 0 spiro atoms. The maximum absolute atomic E-state index is 11.6. The van der Waals surface area contributed by atoms with E-state index < -0.39 is 5.60 Å². The fraction of sp³-hybridized carbons (Fsp3) is 0.833. The molecule has 98 valence electrons. The van der Waals surface area contributed by atoms with Gasteiger partial charge in [-0.2, -0.15) is 5.26 Å². The highest BCUT2D eigenvalue weighted by atomic mass is 16.6. The van der Waals surface area contributed by atoms with E-state index in [1.807, 2.05) is 20.8 Å². The molecule has 1 fully saturated rings. The summed E-state index contributed by atoms with van der Waals surface area (Å²) in [7, 11) is 0. The first-order chi connectivity index (χ1) is 7.80. The molecule has 2 N–H and O–H groups in total. The second-order valence-electron chi connectivity index (χ2n) is 5.03. The van der Waals surface area contributed by atoms with E-state index in [0.29, 0.717) is 0 Å². The molecule has 1 rings (SSSR count). The maximum Gasteiger partial charge on any atom is 0.410 e. The third-order valence-corrected chi connectivity index (χ3v) is 2.19. The molecule has 0 bridgehead atoms. The minimum atomic E-state index is -0.406. The van der Waals surface area contributed by atoms with E-state index >= 15 is 0 Å². The minimum Gasteiger partial charge on any atom is -0.444 e. The molecule has 0 aromatic heterocycles. The van der Waals surface area contributed by atoms with Crippen LogP contribution in [0.4, 0.5) is 4.79 Å². The second kappa shape index (κ2) is 7.13. The van der Waals surface area contributed by atoms with Crippen molar-refractivity contribution in [2.24, 2.45) is 5.73 Å². The molecule has 0 saturated carbocycles. The standard InChI is InChI=1S/C10H20N2O2.C2H3N/c1-10(2,3)14-9(13)12-6-4-8(11)5-7-12;1-2-3/h8H,4-7,11H2,1-3H3;1H3. The molecule has 1 amide bonds. The van der Waals surface area contributed by atoms with Crippen molar-refractivity contribution in [2.75, 3.05) is 13.1 Å². The van der Waals surface area contributed by atoms with E-state index in [-0.39, 0.29) is 12.1 Å². The topological polar surface area (TPSA) is 79.3 Å². The van der Waals surface area contributed by atoms with Gasteiger partial charge in [0.05, 0.1) is 6.07 Å². The van der Waals surface area contributed by atoms with Gasteiger partial charge in [0.15, 0.2) is 0 Å². The molecule has 0 aliphatic carbocycles. The van der Waals surface area contributed by atoms with E-state index in [1.54, 1.807) is 11.0 Å². The first-order valence-electron chi connectivity index (χ1n) is 5.84. The summed E-state index contributed by atoms with van der Waals surface area (Å²) in [4.78, 5) is 13.3. The van der Waals surface area contributed by atoms with Crippen LogP contribution < -0.4 is 5.73 Å². The van der Waals surface area contributed by atoms with E-state index in [1.165, 1.54) is 6.92 Å². The summed E-state index contributed by atoms with van der Waals surface area (Å²) in [6.07, 6.45) is 1.53. The number of nitriles is 1. The molecular weight excluding hydrogens is 218 g/mol. The van der Waals surface area contributed by atoms with Crippen molar-refractivity contribution in [3.8, 4) is 6.07 Å². The number of nitrogens with two attached hydrogens (primary N) is 1. The maximum atomic E-state index is 11.6. The molecule has 5 heteroatoms. The second-order valence-corrected chi connectivity index (χ2v) is 5.03. The van der Waals surface area contributed by atoms with Crippen molar-refractivity contribution in [1.82, 2.24) is 4.90 Å². The number of ether oxygens (including phenoxy) is 1. The predicted molar refractivity (Wildman–Crippen MR) is 66.3 cm³/mol. The van der Waals surface area contributed by atoms with Gasteiger partial charge in [0.25, 0.3) is 0 Å². The smallest absolute Gasteiger partial charge is 0.410 e. The highest BCUT2D eigenvalue weighted by Gasteiger charge is 2.25. The summed E-state index contributed by atoms with van der Waals surface area (Å²) >= 11 is 0. The fourth-order valence-electron chi connectivity index (χ4n) is 1.41. The van der Waals surface area contributed by atoms with Gasteiger partial charge in [0.1, 0.15) is 5.60 Å². The summed E-state index contributed by atoms with van der Waals surface area (Å²) in [5.41, 5.74) is 5.34. The first-order valence-corrected chi connectivity index (χ1v) is 5.84. The molecule has 0 aromatic carbocycles. The van der Waals surface area contributed by atoms with Gasteiger partial charge in [-0.05, 0) is 33.6 Å². The number of nitrogens with zero attached hydrogens (tertiary/aromatic N) is 2. The average Bonchev–Trinajstić information content (AvgIpc) is 2.17. The molecule has 5 nitrogen and oxygen atoms in total. The van der Waals surface area contributed by atoms with Gasteiger partial charge >= 0.3 is 6.09 Å². The Labute approximate surface area is 104 Å². The third kappa shape index (κ3) is 7.58.